The molecule has 1 aliphatic heterocycles. The molecule has 5 nitrogen and oxygen atoms in total. The summed E-state index contributed by atoms with van der Waals surface area (Å²) in [4.78, 5) is 18.7. The van der Waals surface area contributed by atoms with Crippen molar-refractivity contribution in [2.24, 2.45) is 0 Å². The number of morpholine rings is 1. The lowest BCUT2D eigenvalue weighted by Crippen LogP contribution is -2.51. The summed E-state index contributed by atoms with van der Waals surface area (Å²) in [5.74, 6) is 0.416. The summed E-state index contributed by atoms with van der Waals surface area (Å²) in [6, 6.07) is 3.55. The van der Waals surface area contributed by atoms with Gasteiger partial charge in [-0.3, -0.25) is 9.78 Å². The fraction of sp³-hybridized carbons (Fsp3) is 0.500. The number of thioether (sulfide) groups is 1. The lowest BCUT2D eigenvalue weighted by Gasteiger charge is -2.34. The van der Waals surface area contributed by atoms with Gasteiger partial charge in [0.2, 0.25) is 5.91 Å². The maximum Gasteiger partial charge on any atom is 0.233 e. The normalized spacial score (nSPS) is 19.8. The monoisotopic (exact) mass is 268 g/mol. The first-order valence-corrected chi connectivity index (χ1v) is 6.80. The summed E-state index contributed by atoms with van der Waals surface area (Å²) in [6.45, 7) is 1.47. The Kier molecular flexibility index (Phi) is 4.98. The Labute approximate surface area is 110 Å². The number of aliphatic hydroxyl groups excluding tert-OH is 1. The predicted octanol–water partition coefficient (Wildman–Crippen LogP) is 0.393. The second-order valence-electron chi connectivity index (χ2n) is 3.97. The molecule has 0 radical (unpaired) electrons. The number of aromatic nitrogens is 1. The first-order chi connectivity index (χ1) is 8.81. The third kappa shape index (κ3) is 3.44. The van der Waals surface area contributed by atoms with Gasteiger partial charge >= 0.3 is 0 Å². The van der Waals surface area contributed by atoms with Gasteiger partial charge in [0.25, 0.3) is 0 Å². The number of hydrogen-bond acceptors (Lipinski definition) is 5. The molecule has 1 amide bonds. The number of rotatable bonds is 4. The zero-order chi connectivity index (χ0) is 12.8. The van der Waals surface area contributed by atoms with E-state index in [0.717, 1.165) is 4.90 Å². The summed E-state index contributed by atoms with van der Waals surface area (Å²) in [6.07, 6.45) is 3.41. The highest BCUT2D eigenvalue weighted by atomic mass is 32.2. The van der Waals surface area contributed by atoms with Crippen LogP contribution >= 0.6 is 11.8 Å². The molecule has 2 rings (SSSR count). The zero-order valence-electron chi connectivity index (χ0n) is 9.99. The fourth-order valence-corrected chi connectivity index (χ4v) is 2.57. The van der Waals surface area contributed by atoms with Gasteiger partial charge in [-0.05, 0) is 12.1 Å². The number of nitrogens with zero attached hydrogens (tertiary/aromatic N) is 2. The molecule has 1 aromatic heterocycles. The minimum Gasteiger partial charge on any atom is -0.394 e. The fourth-order valence-electron chi connectivity index (χ4n) is 1.80. The van der Waals surface area contributed by atoms with Crippen molar-refractivity contribution < 1.29 is 14.6 Å². The Morgan fingerprint density at radius 2 is 2.33 bits per heavy atom. The lowest BCUT2D eigenvalue weighted by molar-refractivity contribution is -0.138. The van der Waals surface area contributed by atoms with Crippen LogP contribution in [0.25, 0.3) is 0 Å². The summed E-state index contributed by atoms with van der Waals surface area (Å²) in [5.41, 5.74) is 0. The van der Waals surface area contributed by atoms with E-state index in [1.165, 1.54) is 11.8 Å². The van der Waals surface area contributed by atoms with Gasteiger partial charge in [0, 0.05) is 23.8 Å². The number of pyridine rings is 1. The molecule has 1 fully saturated rings. The molecule has 0 spiro atoms. The minimum absolute atomic E-state index is 0.0409. The molecule has 1 unspecified atom stereocenters. The van der Waals surface area contributed by atoms with Gasteiger partial charge in [-0.1, -0.05) is 0 Å². The van der Waals surface area contributed by atoms with Gasteiger partial charge < -0.3 is 14.7 Å². The van der Waals surface area contributed by atoms with Gasteiger partial charge in [-0.25, -0.2) is 0 Å². The van der Waals surface area contributed by atoms with Crippen LogP contribution in [0.5, 0.6) is 0 Å². The molecule has 1 N–H and O–H groups in total. The van der Waals surface area contributed by atoms with Crippen LogP contribution < -0.4 is 0 Å². The molecule has 1 aliphatic rings. The molecule has 2 heterocycles. The van der Waals surface area contributed by atoms with Crippen molar-refractivity contribution >= 4 is 17.7 Å². The first kappa shape index (κ1) is 13.3. The molecular weight excluding hydrogens is 252 g/mol. The van der Waals surface area contributed by atoms with Gasteiger partial charge in [0.05, 0.1) is 31.6 Å². The molecule has 1 atom stereocenters. The molecule has 18 heavy (non-hydrogen) atoms. The minimum atomic E-state index is -0.204. The quantitative estimate of drug-likeness (QED) is 0.801. The number of aliphatic hydroxyl groups is 1. The van der Waals surface area contributed by atoms with Crippen molar-refractivity contribution in [3.63, 3.8) is 0 Å². The van der Waals surface area contributed by atoms with Crippen molar-refractivity contribution in [1.29, 1.82) is 0 Å². The predicted molar refractivity (Wildman–Crippen MR) is 68.4 cm³/mol. The molecule has 0 bridgehead atoms. The van der Waals surface area contributed by atoms with Crippen molar-refractivity contribution in [2.75, 3.05) is 32.1 Å². The van der Waals surface area contributed by atoms with Crippen LogP contribution in [0.3, 0.4) is 0 Å². The van der Waals surface area contributed by atoms with Gasteiger partial charge in [-0.15, -0.1) is 11.8 Å². The number of carbonyl (C=O) groups excluding carboxylic acids is 1. The maximum absolute atomic E-state index is 12.1. The third-order valence-corrected chi connectivity index (χ3v) is 3.77. The summed E-state index contributed by atoms with van der Waals surface area (Å²) >= 11 is 1.48. The largest absolute Gasteiger partial charge is 0.394 e. The highest BCUT2D eigenvalue weighted by Gasteiger charge is 2.26. The van der Waals surface area contributed by atoms with Gasteiger partial charge in [-0.2, -0.15) is 0 Å². The number of ether oxygens (including phenoxy) is 1. The second kappa shape index (κ2) is 6.72. The Bertz CT molecular complexity index is 388. The SMILES string of the molecule is O=C(CSc1ccncc1)N1CCOCC1CO. The number of hydrogen-bond donors (Lipinski definition) is 1. The van der Waals surface area contributed by atoms with E-state index in [1.54, 1.807) is 17.3 Å². The van der Waals surface area contributed by atoms with Crippen molar-refractivity contribution in [1.82, 2.24) is 9.88 Å². The summed E-state index contributed by atoms with van der Waals surface area (Å²) in [5, 5.41) is 9.21. The molecule has 98 valence electrons. The van der Waals surface area contributed by atoms with Crippen LogP contribution in [0.15, 0.2) is 29.4 Å². The van der Waals surface area contributed by atoms with E-state index in [1.807, 2.05) is 12.1 Å². The van der Waals surface area contributed by atoms with Crippen molar-refractivity contribution in [2.45, 2.75) is 10.9 Å². The average Bonchev–Trinajstić information content (AvgIpc) is 2.45. The Morgan fingerprint density at radius 3 is 3.06 bits per heavy atom. The molecule has 6 heteroatoms. The van der Waals surface area contributed by atoms with Crippen LogP contribution in [0.4, 0.5) is 0 Å². The van der Waals surface area contributed by atoms with E-state index in [4.69, 9.17) is 4.74 Å². The zero-order valence-corrected chi connectivity index (χ0v) is 10.8. The van der Waals surface area contributed by atoms with E-state index in [0.29, 0.717) is 25.5 Å². The smallest absolute Gasteiger partial charge is 0.233 e. The molecule has 0 aliphatic carbocycles. The molecule has 0 saturated carbocycles. The third-order valence-electron chi connectivity index (χ3n) is 2.77. The van der Waals surface area contributed by atoms with E-state index in [9.17, 15) is 9.90 Å². The highest BCUT2D eigenvalue weighted by molar-refractivity contribution is 8.00. The molecule has 0 aromatic carbocycles. The van der Waals surface area contributed by atoms with Crippen molar-refractivity contribution in [3.8, 4) is 0 Å². The van der Waals surface area contributed by atoms with Gasteiger partial charge in [0.1, 0.15) is 0 Å². The van der Waals surface area contributed by atoms with E-state index in [2.05, 4.69) is 4.98 Å². The Morgan fingerprint density at radius 1 is 1.56 bits per heavy atom. The first-order valence-electron chi connectivity index (χ1n) is 5.82. The van der Waals surface area contributed by atoms with Crippen LogP contribution in [0.2, 0.25) is 0 Å². The van der Waals surface area contributed by atoms with Crippen LogP contribution in [0.1, 0.15) is 0 Å². The van der Waals surface area contributed by atoms with E-state index >= 15 is 0 Å². The standard InChI is InChI=1S/C12H16N2O3S/c15-7-10-8-17-6-5-14(10)12(16)9-18-11-1-3-13-4-2-11/h1-4,10,15H,5-9H2. The lowest BCUT2D eigenvalue weighted by atomic mass is 10.2. The molecule has 1 aromatic rings. The topological polar surface area (TPSA) is 62.7 Å². The summed E-state index contributed by atoms with van der Waals surface area (Å²) in [7, 11) is 0. The second-order valence-corrected chi connectivity index (χ2v) is 5.02. The molecular formula is C12H16N2O3S. The van der Waals surface area contributed by atoms with Crippen LogP contribution in [0, 0.1) is 0 Å². The summed E-state index contributed by atoms with van der Waals surface area (Å²) < 4.78 is 5.25. The van der Waals surface area contributed by atoms with E-state index in [-0.39, 0.29) is 18.6 Å². The van der Waals surface area contributed by atoms with Gasteiger partial charge in [0.15, 0.2) is 0 Å². The van der Waals surface area contributed by atoms with Crippen LogP contribution in [-0.2, 0) is 9.53 Å². The Balaban J connectivity index is 1.87. The van der Waals surface area contributed by atoms with Crippen molar-refractivity contribution in [3.05, 3.63) is 24.5 Å². The van der Waals surface area contributed by atoms with Crippen LogP contribution in [-0.4, -0.2) is 59.1 Å². The van der Waals surface area contributed by atoms with E-state index < -0.39 is 0 Å². The number of carbonyl (C=O) groups is 1. The average molecular weight is 268 g/mol. The molecule has 1 saturated heterocycles. The Hall–Kier alpha value is -1.11. The number of amides is 1. The highest BCUT2D eigenvalue weighted by Crippen LogP contribution is 2.18. The maximum atomic E-state index is 12.1.